The molecule has 1 amide bonds. The lowest BCUT2D eigenvalue weighted by molar-refractivity contribution is 0.102. The summed E-state index contributed by atoms with van der Waals surface area (Å²) in [4.78, 5) is 22.3. The van der Waals surface area contributed by atoms with Crippen molar-refractivity contribution in [2.45, 2.75) is 30.4 Å². The van der Waals surface area contributed by atoms with E-state index in [1.54, 1.807) is 23.1 Å². The number of anilines is 1. The highest BCUT2D eigenvalue weighted by atomic mass is 32.2. The van der Waals surface area contributed by atoms with Gasteiger partial charge in [0.2, 0.25) is 0 Å². The summed E-state index contributed by atoms with van der Waals surface area (Å²) in [6.07, 6.45) is 0. The number of aromatic nitrogens is 2. The molecule has 0 fully saturated rings. The van der Waals surface area contributed by atoms with Crippen LogP contribution in [0.15, 0.2) is 45.4 Å². The van der Waals surface area contributed by atoms with Gasteiger partial charge in [-0.05, 0) is 18.1 Å². The standard InChI is InChI=1S/C17H17N3OS3/c1-11(2)14-9-24-17(19-14)20-16(21)13-5-3-4-6-15(13)23-8-12-7-22-10-18-12/h3-7,9-11H,8H2,1-2H3,(H,19,20,21). The number of carbonyl (C=O) groups excluding carboxylic acids is 1. The van der Waals surface area contributed by atoms with Crippen molar-refractivity contribution in [2.24, 2.45) is 0 Å². The van der Waals surface area contributed by atoms with Crippen molar-refractivity contribution in [2.75, 3.05) is 5.32 Å². The third-order valence-electron chi connectivity index (χ3n) is 3.32. The Labute approximate surface area is 153 Å². The molecular weight excluding hydrogens is 358 g/mol. The van der Waals surface area contributed by atoms with E-state index in [9.17, 15) is 4.79 Å². The van der Waals surface area contributed by atoms with Crippen molar-refractivity contribution in [3.63, 3.8) is 0 Å². The summed E-state index contributed by atoms with van der Waals surface area (Å²) in [5.41, 5.74) is 4.52. The molecule has 1 aromatic carbocycles. The molecule has 3 rings (SSSR count). The average molecular weight is 376 g/mol. The molecule has 0 saturated heterocycles. The first-order valence-corrected chi connectivity index (χ1v) is 10.3. The maximum atomic E-state index is 12.6. The van der Waals surface area contributed by atoms with E-state index in [1.807, 2.05) is 40.5 Å². The molecule has 7 heteroatoms. The van der Waals surface area contributed by atoms with Gasteiger partial charge in [0.05, 0.1) is 22.5 Å². The number of rotatable bonds is 6. The number of amides is 1. The van der Waals surface area contributed by atoms with Gasteiger partial charge in [-0.15, -0.1) is 34.4 Å². The summed E-state index contributed by atoms with van der Waals surface area (Å²) in [6, 6.07) is 7.63. The van der Waals surface area contributed by atoms with Gasteiger partial charge < -0.3 is 0 Å². The lowest BCUT2D eigenvalue weighted by atomic mass is 10.2. The first-order valence-electron chi connectivity index (χ1n) is 7.49. The molecule has 0 saturated carbocycles. The fourth-order valence-electron chi connectivity index (χ4n) is 2.01. The number of hydrogen-bond donors (Lipinski definition) is 1. The van der Waals surface area contributed by atoms with Gasteiger partial charge in [-0.2, -0.15) is 0 Å². The van der Waals surface area contributed by atoms with Crippen molar-refractivity contribution in [3.8, 4) is 0 Å². The topological polar surface area (TPSA) is 54.9 Å². The van der Waals surface area contributed by atoms with Gasteiger partial charge in [-0.1, -0.05) is 26.0 Å². The third-order valence-corrected chi connectivity index (χ3v) is 5.84. The summed E-state index contributed by atoms with van der Waals surface area (Å²) < 4.78 is 0. The van der Waals surface area contributed by atoms with Crippen LogP contribution in [0.5, 0.6) is 0 Å². The third kappa shape index (κ3) is 4.23. The second-order valence-corrected chi connectivity index (χ2v) is 8.04. The maximum Gasteiger partial charge on any atom is 0.258 e. The lowest BCUT2D eigenvalue weighted by Crippen LogP contribution is -2.13. The zero-order chi connectivity index (χ0) is 16.9. The Morgan fingerprint density at radius 2 is 2.12 bits per heavy atom. The zero-order valence-electron chi connectivity index (χ0n) is 13.4. The highest BCUT2D eigenvalue weighted by molar-refractivity contribution is 7.98. The van der Waals surface area contributed by atoms with E-state index in [4.69, 9.17) is 0 Å². The van der Waals surface area contributed by atoms with E-state index in [0.717, 1.165) is 22.0 Å². The van der Waals surface area contributed by atoms with Crippen LogP contribution in [0, 0.1) is 0 Å². The maximum absolute atomic E-state index is 12.6. The van der Waals surface area contributed by atoms with Crippen LogP contribution >= 0.6 is 34.4 Å². The van der Waals surface area contributed by atoms with Crippen LogP contribution < -0.4 is 5.32 Å². The van der Waals surface area contributed by atoms with Crippen molar-refractivity contribution in [1.29, 1.82) is 0 Å². The molecular formula is C17H17N3OS3. The Morgan fingerprint density at radius 3 is 2.83 bits per heavy atom. The molecule has 3 aromatic rings. The number of benzene rings is 1. The Hall–Kier alpha value is -1.70. The smallest absolute Gasteiger partial charge is 0.258 e. The minimum absolute atomic E-state index is 0.124. The Balaban J connectivity index is 1.71. The van der Waals surface area contributed by atoms with Crippen molar-refractivity contribution in [3.05, 3.63) is 57.5 Å². The van der Waals surface area contributed by atoms with Gasteiger partial charge >= 0.3 is 0 Å². The van der Waals surface area contributed by atoms with Gasteiger partial charge in [-0.3, -0.25) is 10.1 Å². The van der Waals surface area contributed by atoms with Crippen LogP contribution in [0.3, 0.4) is 0 Å². The fraction of sp³-hybridized carbons (Fsp3) is 0.235. The fourth-order valence-corrected chi connectivity index (χ4v) is 4.50. The molecule has 2 aromatic heterocycles. The first kappa shape index (κ1) is 17.1. The Kier molecular flexibility index (Phi) is 5.65. The summed E-state index contributed by atoms with van der Waals surface area (Å²) >= 11 is 4.66. The molecule has 4 nitrogen and oxygen atoms in total. The van der Waals surface area contributed by atoms with Gasteiger partial charge in [0.25, 0.3) is 5.91 Å². The first-order chi connectivity index (χ1) is 11.6. The van der Waals surface area contributed by atoms with Crippen LogP contribution in [-0.2, 0) is 5.75 Å². The predicted molar refractivity (Wildman–Crippen MR) is 102 cm³/mol. The van der Waals surface area contributed by atoms with Crippen LogP contribution in [-0.4, -0.2) is 15.9 Å². The van der Waals surface area contributed by atoms with E-state index in [2.05, 4.69) is 29.1 Å². The van der Waals surface area contributed by atoms with Crippen molar-refractivity contribution in [1.82, 2.24) is 9.97 Å². The van der Waals surface area contributed by atoms with Crippen LogP contribution in [0.1, 0.15) is 41.5 Å². The molecule has 0 radical (unpaired) electrons. The van der Waals surface area contributed by atoms with E-state index >= 15 is 0 Å². The minimum atomic E-state index is -0.124. The predicted octanol–water partition coefficient (Wildman–Crippen LogP) is 5.27. The van der Waals surface area contributed by atoms with E-state index < -0.39 is 0 Å². The largest absolute Gasteiger partial charge is 0.298 e. The number of hydrogen-bond acceptors (Lipinski definition) is 6. The number of carbonyl (C=O) groups is 1. The second kappa shape index (κ2) is 7.92. The second-order valence-electron chi connectivity index (χ2n) is 5.45. The molecule has 0 atom stereocenters. The highest BCUT2D eigenvalue weighted by Crippen LogP contribution is 2.28. The van der Waals surface area contributed by atoms with Gasteiger partial charge in [0.15, 0.2) is 5.13 Å². The molecule has 1 N–H and O–H groups in total. The average Bonchev–Trinajstić information content (AvgIpc) is 3.25. The molecule has 0 unspecified atom stereocenters. The minimum Gasteiger partial charge on any atom is -0.298 e. The summed E-state index contributed by atoms with van der Waals surface area (Å²) in [6.45, 7) is 4.18. The highest BCUT2D eigenvalue weighted by Gasteiger charge is 2.14. The monoisotopic (exact) mass is 375 g/mol. The van der Waals surface area contributed by atoms with Gasteiger partial charge in [0.1, 0.15) is 0 Å². The number of nitrogens with zero attached hydrogens (tertiary/aromatic N) is 2. The van der Waals surface area contributed by atoms with Crippen LogP contribution in [0.4, 0.5) is 5.13 Å². The summed E-state index contributed by atoms with van der Waals surface area (Å²) in [5.74, 6) is 0.983. The lowest BCUT2D eigenvalue weighted by Gasteiger charge is -2.08. The molecule has 0 aliphatic carbocycles. The van der Waals surface area contributed by atoms with Crippen molar-refractivity contribution >= 4 is 45.5 Å². The zero-order valence-corrected chi connectivity index (χ0v) is 15.8. The van der Waals surface area contributed by atoms with E-state index in [0.29, 0.717) is 16.6 Å². The van der Waals surface area contributed by atoms with Crippen LogP contribution in [0.25, 0.3) is 0 Å². The molecule has 2 heterocycles. The molecule has 0 bridgehead atoms. The number of thiazole rings is 2. The summed E-state index contributed by atoms with van der Waals surface area (Å²) in [7, 11) is 0. The van der Waals surface area contributed by atoms with Crippen LogP contribution in [0.2, 0.25) is 0 Å². The molecule has 124 valence electrons. The quantitative estimate of drug-likeness (QED) is 0.597. The molecule has 0 spiro atoms. The number of thioether (sulfide) groups is 1. The number of nitrogens with one attached hydrogen (secondary N) is 1. The molecule has 0 aliphatic rings. The van der Waals surface area contributed by atoms with Crippen molar-refractivity contribution < 1.29 is 4.79 Å². The SMILES string of the molecule is CC(C)c1csc(NC(=O)c2ccccc2SCc2cscn2)n1. The molecule has 24 heavy (non-hydrogen) atoms. The summed E-state index contributed by atoms with van der Waals surface area (Å²) in [5, 5.41) is 7.57. The molecule has 0 aliphatic heterocycles. The van der Waals surface area contributed by atoms with E-state index in [1.165, 1.54) is 11.3 Å². The normalized spacial score (nSPS) is 11.0. The van der Waals surface area contributed by atoms with Gasteiger partial charge in [-0.25, -0.2) is 9.97 Å². The Bertz CT molecular complexity index is 812. The Morgan fingerprint density at radius 1 is 1.29 bits per heavy atom. The van der Waals surface area contributed by atoms with Gasteiger partial charge in [0, 0.05) is 21.4 Å². The van der Waals surface area contributed by atoms with E-state index in [-0.39, 0.29) is 5.91 Å².